The van der Waals surface area contributed by atoms with Crippen molar-refractivity contribution in [3.8, 4) is 0 Å². The summed E-state index contributed by atoms with van der Waals surface area (Å²) in [6.45, 7) is 12.6. The monoisotopic (exact) mass is 452 g/mol. The molecule has 1 aromatic carbocycles. The molecule has 4 fully saturated rings. The highest BCUT2D eigenvalue weighted by atomic mass is 16.3. The number of aliphatic hydroxyl groups is 2. The highest BCUT2D eigenvalue weighted by Gasteiger charge is 2.70. The zero-order valence-corrected chi connectivity index (χ0v) is 21.0. The molecule has 0 aromatic heterocycles. The van der Waals surface area contributed by atoms with Crippen LogP contribution < -0.4 is 0 Å². The summed E-state index contributed by atoms with van der Waals surface area (Å²) in [5, 5.41) is 23.4. The standard InChI is InChI=1S/C29H40O4/c1-26(2)17-12-14-28(26,5)24(32)20(22(17)30)19(16-10-8-7-9-11-16)21-23(31)18-13-15-29(6,25(21)33)27(18,3)4/h7-11,17-23,30-31H,12-15H2,1-6H3/t17-,18-,19?,20-,21+,22-,23+,28+,29+/m0/s1. The van der Waals surface area contributed by atoms with Gasteiger partial charge in [0.15, 0.2) is 0 Å². The molecule has 0 spiro atoms. The molecule has 1 unspecified atom stereocenters. The first kappa shape index (κ1) is 23.2. The lowest BCUT2D eigenvalue weighted by Crippen LogP contribution is -2.62. The van der Waals surface area contributed by atoms with Crippen molar-refractivity contribution in [2.75, 3.05) is 0 Å². The topological polar surface area (TPSA) is 74.6 Å². The molecule has 180 valence electrons. The molecular weight excluding hydrogens is 412 g/mol. The molecule has 9 atom stereocenters. The minimum Gasteiger partial charge on any atom is -0.392 e. The molecule has 0 amide bonds. The maximum atomic E-state index is 14.2. The van der Waals surface area contributed by atoms with Crippen LogP contribution in [0.2, 0.25) is 0 Å². The molecule has 1 aromatic rings. The molecular formula is C29H40O4. The van der Waals surface area contributed by atoms with Gasteiger partial charge >= 0.3 is 0 Å². The van der Waals surface area contributed by atoms with Crippen molar-refractivity contribution in [3.05, 3.63) is 35.9 Å². The fourth-order valence-corrected chi connectivity index (χ4v) is 8.76. The number of Topliss-reactive ketones (excluding diaryl/α,β-unsaturated/α-hetero) is 2. The molecule has 4 saturated carbocycles. The predicted molar refractivity (Wildman–Crippen MR) is 127 cm³/mol. The molecule has 4 bridgehead atoms. The summed E-state index contributed by atoms with van der Waals surface area (Å²) in [6.07, 6.45) is 1.56. The fraction of sp³-hybridized carbons (Fsp3) is 0.724. The van der Waals surface area contributed by atoms with E-state index in [1.54, 1.807) is 0 Å². The quantitative estimate of drug-likeness (QED) is 0.692. The summed E-state index contributed by atoms with van der Waals surface area (Å²) in [6, 6.07) is 9.74. The summed E-state index contributed by atoms with van der Waals surface area (Å²) >= 11 is 0. The lowest BCUT2D eigenvalue weighted by molar-refractivity contribution is -0.169. The SMILES string of the molecule is CC1(C)[C@H]2CC[C@]1(C)C(=O)[C@@H](C(c1ccccc1)[C@H]1C(=O)[C@@]3(C)CC[C@@H]([C@H]1O)C3(C)C)[C@H]2O. The molecule has 2 N–H and O–H groups in total. The Morgan fingerprint density at radius 3 is 1.52 bits per heavy atom. The normalized spacial score (nSPS) is 46.4. The maximum Gasteiger partial charge on any atom is 0.145 e. The summed E-state index contributed by atoms with van der Waals surface area (Å²) in [5.41, 5.74) is -0.746. The Balaban J connectivity index is 1.67. The lowest BCUT2D eigenvalue weighted by Gasteiger charge is -2.56. The smallest absolute Gasteiger partial charge is 0.145 e. The zero-order chi connectivity index (χ0) is 24.1. The van der Waals surface area contributed by atoms with E-state index in [9.17, 15) is 19.8 Å². The number of fused-ring (bicyclic) bond motifs is 4. The number of ketones is 2. The average Bonchev–Trinajstić information content (AvgIpc) is 3.07. The summed E-state index contributed by atoms with van der Waals surface area (Å²) in [4.78, 5) is 28.5. The largest absolute Gasteiger partial charge is 0.392 e. The van der Waals surface area contributed by atoms with Gasteiger partial charge in [-0.05, 0) is 53.9 Å². The van der Waals surface area contributed by atoms with E-state index in [2.05, 4.69) is 41.5 Å². The van der Waals surface area contributed by atoms with Gasteiger partial charge in [0.2, 0.25) is 0 Å². The number of benzene rings is 1. The van der Waals surface area contributed by atoms with Gasteiger partial charge < -0.3 is 10.2 Å². The molecule has 4 aliphatic rings. The highest BCUT2D eigenvalue weighted by molar-refractivity contribution is 5.94. The Morgan fingerprint density at radius 2 is 1.12 bits per heavy atom. The first-order chi connectivity index (χ1) is 15.3. The number of carbonyl (C=O) groups excluding carboxylic acids is 2. The lowest BCUT2D eigenvalue weighted by atomic mass is 9.48. The van der Waals surface area contributed by atoms with Crippen LogP contribution in [0.25, 0.3) is 0 Å². The zero-order valence-electron chi connectivity index (χ0n) is 21.0. The minimum atomic E-state index is -0.811. The number of aliphatic hydroxyl groups excluding tert-OH is 2. The highest BCUT2D eigenvalue weighted by Crippen LogP contribution is 2.68. The molecule has 0 heterocycles. The Morgan fingerprint density at radius 1 is 0.727 bits per heavy atom. The molecule has 4 heteroatoms. The van der Waals surface area contributed by atoms with Gasteiger partial charge in [-0.2, -0.15) is 0 Å². The second-order valence-corrected chi connectivity index (χ2v) is 13.1. The average molecular weight is 453 g/mol. The Labute approximate surface area is 198 Å². The third-order valence-electron chi connectivity index (χ3n) is 11.8. The van der Waals surface area contributed by atoms with Crippen molar-refractivity contribution in [3.63, 3.8) is 0 Å². The van der Waals surface area contributed by atoms with E-state index in [-0.39, 0.29) is 34.2 Å². The number of hydrogen-bond donors (Lipinski definition) is 2. The number of rotatable bonds is 3. The van der Waals surface area contributed by atoms with Crippen molar-refractivity contribution >= 4 is 11.6 Å². The van der Waals surface area contributed by atoms with E-state index < -0.39 is 40.8 Å². The first-order valence-corrected chi connectivity index (χ1v) is 12.8. The summed E-state index contributed by atoms with van der Waals surface area (Å²) in [5.74, 6) is -1.69. The Hall–Kier alpha value is -1.52. The van der Waals surface area contributed by atoms with Crippen molar-refractivity contribution in [1.29, 1.82) is 0 Å². The first-order valence-electron chi connectivity index (χ1n) is 12.8. The van der Waals surface area contributed by atoms with Crippen LogP contribution in [-0.4, -0.2) is 34.0 Å². The van der Waals surface area contributed by atoms with Crippen molar-refractivity contribution in [1.82, 2.24) is 0 Å². The van der Waals surface area contributed by atoms with E-state index in [1.165, 1.54) is 0 Å². The van der Waals surface area contributed by atoms with Crippen LogP contribution in [0.3, 0.4) is 0 Å². The van der Waals surface area contributed by atoms with Gasteiger partial charge in [-0.1, -0.05) is 71.9 Å². The van der Waals surface area contributed by atoms with Gasteiger partial charge in [0.1, 0.15) is 11.6 Å². The van der Waals surface area contributed by atoms with Gasteiger partial charge in [-0.15, -0.1) is 0 Å². The predicted octanol–water partition coefficient (Wildman–Crippen LogP) is 4.77. The molecule has 4 aliphatic carbocycles. The van der Waals surface area contributed by atoms with Crippen molar-refractivity contribution < 1.29 is 19.8 Å². The summed E-state index contributed by atoms with van der Waals surface area (Å²) in [7, 11) is 0. The van der Waals surface area contributed by atoms with Crippen LogP contribution in [0.1, 0.15) is 78.7 Å². The second kappa shape index (κ2) is 7.01. The Kier molecular flexibility index (Phi) is 4.93. The molecule has 5 rings (SSSR count). The van der Waals surface area contributed by atoms with E-state index >= 15 is 0 Å². The van der Waals surface area contributed by atoms with Crippen LogP contribution in [0.15, 0.2) is 30.3 Å². The van der Waals surface area contributed by atoms with E-state index in [4.69, 9.17) is 0 Å². The van der Waals surface area contributed by atoms with Crippen LogP contribution >= 0.6 is 0 Å². The van der Waals surface area contributed by atoms with Crippen LogP contribution in [0.4, 0.5) is 0 Å². The van der Waals surface area contributed by atoms with Crippen LogP contribution in [0, 0.1) is 45.3 Å². The maximum absolute atomic E-state index is 14.2. The van der Waals surface area contributed by atoms with Gasteiger partial charge in [-0.3, -0.25) is 9.59 Å². The Bertz CT molecular complexity index is 921. The fourth-order valence-electron chi connectivity index (χ4n) is 8.76. The molecule has 4 nitrogen and oxygen atoms in total. The van der Waals surface area contributed by atoms with E-state index in [1.807, 2.05) is 30.3 Å². The summed E-state index contributed by atoms with van der Waals surface area (Å²) < 4.78 is 0. The van der Waals surface area contributed by atoms with Gasteiger partial charge in [0, 0.05) is 16.7 Å². The molecule has 0 aliphatic heterocycles. The minimum absolute atomic E-state index is 0.0102. The van der Waals surface area contributed by atoms with Crippen LogP contribution in [-0.2, 0) is 9.59 Å². The van der Waals surface area contributed by atoms with Gasteiger partial charge in [0.25, 0.3) is 0 Å². The second-order valence-electron chi connectivity index (χ2n) is 13.1. The third-order valence-corrected chi connectivity index (χ3v) is 11.8. The van der Waals surface area contributed by atoms with E-state index in [0.29, 0.717) is 0 Å². The molecule has 0 saturated heterocycles. The van der Waals surface area contributed by atoms with Gasteiger partial charge in [0.05, 0.1) is 24.0 Å². The molecule has 0 radical (unpaired) electrons. The third kappa shape index (κ3) is 2.66. The number of hydrogen-bond acceptors (Lipinski definition) is 4. The van der Waals surface area contributed by atoms with Gasteiger partial charge in [-0.25, -0.2) is 0 Å². The van der Waals surface area contributed by atoms with Crippen LogP contribution in [0.5, 0.6) is 0 Å². The van der Waals surface area contributed by atoms with Crippen molar-refractivity contribution in [2.24, 2.45) is 45.3 Å². The van der Waals surface area contributed by atoms with Crippen molar-refractivity contribution in [2.45, 2.75) is 85.4 Å². The molecule has 33 heavy (non-hydrogen) atoms. The number of carbonyl (C=O) groups is 2. The van der Waals surface area contributed by atoms with E-state index in [0.717, 1.165) is 31.2 Å².